The number of aldehydes is 1. The fourth-order valence-electron chi connectivity index (χ4n) is 0.778. The zero-order chi connectivity index (χ0) is 8.27. The molecule has 0 amide bonds. The summed E-state index contributed by atoms with van der Waals surface area (Å²) in [6.45, 7) is 0. The molecule has 58 valence electrons. The predicted octanol–water partition coefficient (Wildman–Crippen LogP) is 1.68. The van der Waals surface area contributed by atoms with Gasteiger partial charge in [-0.25, -0.2) is 4.39 Å². The molecule has 1 aromatic carbocycles. The molecule has 0 aliphatic rings. The summed E-state index contributed by atoms with van der Waals surface area (Å²) in [7, 11) is 1.69. The van der Waals surface area contributed by atoms with Gasteiger partial charge in [-0.3, -0.25) is 4.79 Å². The smallest absolute Gasteiger partial charge is 0.152 e. The molecule has 0 aliphatic carbocycles. The highest BCUT2D eigenvalue weighted by atomic mass is 19.1. The Hall–Kier alpha value is -1.38. The van der Waals surface area contributed by atoms with Crippen molar-refractivity contribution in [2.75, 3.05) is 12.4 Å². The quantitative estimate of drug-likeness (QED) is 0.655. The Morgan fingerprint density at radius 2 is 2.27 bits per heavy atom. The van der Waals surface area contributed by atoms with Crippen LogP contribution in [0.1, 0.15) is 10.4 Å². The molecule has 0 bridgehead atoms. The minimum atomic E-state index is -0.494. The van der Waals surface area contributed by atoms with Crippen molar-refractivity contribution in [3.8, 4) is 0 Å². The maximum atomic E-state index is 12.8. The molecule has 2 nitrogen and oxygen atoms in total. The standard InChI is InChI=1S/C8H8FNO/c1-10-7-3-2-6(5-11)8(9)4-7/h2-5,10H,1H3. The van der Waals surface area contributed by atoms with E-state index in [1.807, 2.05) is 0 Å². The largest absolute Gasteiger partial charge is 0.388 e. The third kappa shape index (κ3) is 1.55. The van der Waals surface area contributed by atoms with Crippen LogP contribution >= 0.6 is 0 Å². The van der Waals surface area contributed by atoms with E-state index in [0.29, 0.717) is 12.0 Å². The molecule has 1 aromatic rings. The Morgan fingerprint density at radius 3 is 2.73 bits per heavy atom. The first-order chi connectivity index (χ1) is 5.27. The molecule has 0 atom stereocenters. The van der Waals surface area contributed by atoms with E-state index in [0.717, 1.165) is 0 Å². The summed E-state index contributed by atoms with van der Waals surface area (Å²) in [6, 6.07) is 4.37. The first kappa shape index (κ1) is 7.72. The number of carbonyl (C=O) groups is 1. The normalized spacial score (nSPS) is 9.27. The number of carbonyl (C=O) groups excluding carboxylic acids is 1. The SMILES string of the molecule is CNc1ccc(C=O)c(F)c1. The highest BCUT2D eigenvalue weighted by Gasteiger charge is 1.99. The van der Waals surface area contributed by atoms with Crippen LogP contribution in [0.15, 0.2) is 18.2 Å². The molecule has 0 radical (unpaired) electrons. The Balaban J connectivity index is 3.09. The van der Waals surface area contributed by atoms with Crippen LogP contribution in [0.3, 0.4) is 0 Å². The lowest BCUT2D eigenvalue weighted by Crippen LogP contribution is -1.92. The van der Waals surface area contributed by atoms with E-state index in [9.17, 15) is 9.18 Å². The number of hydrogen-bond acceptors (Lipinski definition) is 2. The second-order valence-corrected chi connectivity index (χ2v) is 2.10. The monoisotopic (exact) mass is 153 g/mol. The molecule has 0 aliphatic heterocycles. The summed E-state index contributed by atoms with van der Waals surface area (Å²) in [6.07, 6.45) is 0.495. The van der Waals surface area contributed by atoms with Crippen molar-refractivity contribution in [3.05, 3.63) is 29.6 Å². The lowest BCUT2D eigenvalue weighted by molar-refractivity contribution is 0.112. The van der Waals surface area contributed by atoms with Crippen LogP contribution in [-0.2, 0) is 0 Å². The molecule has 0 spiro atoms. The van der Waals surface area contributed by atoms with Gasteiger partial charge in [-0.2, -0.15) is 0 Å². The molecule has 11 heavy (non-hydrogen) atoms. The lowest BCUT2D eigenvalue weighted by Gasteiger charge is -1.99. The van der Waals surface area contributed by atoms with Gasteiger partial charge in [-0.15, -0.1) is 0 Å². The number of anilines is 1. The third-order valence-electron chi connectivity index (χ3n) is 1.42. The molecule has 1 rings (SSSR count). The molecular formula is C8H8FNO. The Bertz CT molecular complexity index is 273. The summed E-state index contributed by atoms with van der Waals surface area (Å²) in [5.41, 5.74) is 0.747. The van der Waals surface area contributed by atoms with Crippen molar-refractivity contribution in [1.29, 1.82) is 0 Å². The first-order valence-corrected chi connectivity index (χ1v) is 3.20. The molecule has 0 unspecified atom stereocenters. The lowest BCUT2D eigenvalue weighted by atomic mass is 10.2. The van der Waals surface area contributed by atoms with Gasteiger partial charge < -0.3 is 5.32 Å². The van der Waals surface area contributed by atoms with Crippen LogP contribution in [0.25, 0.3) is 0 Å². The fourth-order valence-corrected chi connectivity index (χ4v) is 0.778. The Labute approximate surface area is 64.0 Å². The predicted molar refractivity (Wildman–Crippen MR) is 41.3 cm³/mol. The van der Waals surface area contributed by atoms with Gasteiger partial charge in [0.2, 0.25) is 0 Å². The minimum absolute atomic E-state index is 0.0870. The molecule has 1 N–H and O–H groups in total. The van der Waals surface area contributed by atoms with E-state index in [-0.39, 0.29) is 5.56 Å². The zero-order valence-electron chi connectivity index (χ0n) is 6.10. The van der Waals surface area contributed by atoms with Crippen LogP contribution < -0.4 is 5.32 Å². The number of nitrogens with one attached hydrogen (secondary N) is 1. The fraction of sp³-hybridized carbons (Fsp3) is 0.125. The summed E-state index contributed by atoms with van der Waals surface area (Å²) in [4.78, 5) is 10.2. The van der Waals surface area contributed by atoms with Crippen LogP contribution in [-0.4, -0.2) is 13.3 Å². The van der Waals surface area contributed by atoms with Crippen LogP contribution in [0.4, 0.5) is 10.1 Å². The van der Waals surface area contributed by atoms with Crippen molar-refractivity contribution >= 4 is 12.0 Å². The number of halogens is 1. The maximum absolute atomic E-state index is 12.8. The van der Waals surface area contributed by atoms with Crippen molar-refractivity contribution in [2.24, 2.45) is 0 Å². The minimum Gasteiger partial charge on any atom is -0.388 e. The molecule has 3 heteroatoms. The van der Waals surface area contributed by atoms with Crippen molar-refractivity contribution in [2.45, 2.75) is 0 Å². The molecule has 0 fully saturated rings. The van der Waals surface area contributed by atoms with Crippen molar-refractivity contribution < 1.29 is 9.18 Å². The van der Waals surface area contributed by atoms with E-state index in [1.165, 1.54) is 12.1 Å². The number of hydrogen-bond donors (Lipinski definition) is 1. The average Bonchev–Trinajstić information content (AvgIpc) is 2.04. The van der Waals surface area contributed by atoms with Crippen LogP contribution in [0.5, 0.6) is 0 Å². The Morgan fingerprint density at radius 1 is 1.55 bits per heavy atom. The van der Waals surface area contributed by atoms with Gasteiger partial charge in [0.1, 0.15) is 5.82 Å². The molecule has 0 heterocycles. The number of rotatable bonds is 2. The van der Waals surface area contributed by atoms with E-state index in [2.05, 4.69) is 5.32 Å². The van der Waals surface area contributed by atoms with Gasteiger partial charge >= 0.3 is 0 Å². The zero-order valence-corrected chi connectivity index (χ0v) is 6.10. The third-order valence-corrected chi connectivity index (χ3v) is 1.42. The van der Waals surface area contributed by atoms with E-state index in [1.54, 1.807) is 13.1 Å². The van der Waals surface area contributed by atoms with Gasteiger partial charge in [0.05, 0.1) is 5.56 Å². The highest BCUT2D eigenvalue weighted by molar-refractivity contribution is 5.76. The van der Waals surface area contributed by atoms with E-state index < -0.39 is 5.82 Å². The molecule has 0 saturated heterocycles. The molecule has 0 aromatic heterocycles. The molecule has 0 saturated carbocycles. The average molecular weight is 153 g/mol. The van der Waals surface area contributed by atoms with Gasteiger partial charge in [-0.05, 0) is 18.2 Å². The van der Waals surface area contributed by atoms with Gasteiger partial charge in [-0.1, -0.05) is 0 Å². The topological polar surface area (TPSA) is 29.1 Å². The van der Waals surface area contributed by atoms with E-state index in [4.69, 9.17) is 0 Å². The summed E-state index contributed by atoms with van der Waals surface area (Å²) >= 11 is 0. The van der Waals surface area contributed by atoms with Gasteiger partial charge in [0, 0.05) is 12.7 Å². The van der Waals surface area contributed by atoms with Gasteiger partial charge in [0.25, 0.3) is 0 Å². The first-order valence-electron chi connectivity index (χ1n) is 3.20. The second-order valence-electron chi connectivity index (χ2n) is 2.10. The summed E-state index contributed by atoms with van der Waals surface area (Å²) in [5, 5.41) is 2.76. The van der Waals surface area contributed by atoms with Crippen molar-refractivity contribution in [1.82, 2.24) is 0 Å². The van der Waals surface area contributed by atoms with E-state index >= 15 is 0 Å². The second kappa shape index (κ2) is 3.14. The van der Waals surface area contributed by atoms with Crippen LogP contribution in [0.2, 0.25) is 0 Å². The Kier molecular flexibility index (Phi) is 2.21. The van der Waals surface area contributed by atoms with Crippen LogP contribution in [0, 0.1) is 5.82 Å². The molecular weight excluding hydrogens is 145 g/mol. The van der Waals surface area contributed by atoms with Crippen molar-refractivity contribution in [3.63, 3.8) is 0 Å². The number of benzene rings is 1. The maximum Gasteiger partial charge on any atom is 0.152 e. The summed E-state index contributed by atoms with van der Waals surface area (Å²) < 4.78 is 12.8. The van der Waals surface area contributed by atoms with Gasteiger partial charge in [0.15, 0.2) is 6.29 Å². The summed E-state index contributed by atoms with van der Waals surface area (Å²) in [5.74, 6) is -0.494. The highest BCUT2D eigenvalue weighted by Crippen LogP contribution is 2.11.